The first-order valence-electron chi connectivity index (χ1n) is 27.3. The third-order valence-electron chi connectivity index (χ3n) is 12.2. The van der Waals surface area contributed by atoms with Crippen LogP contribution in [0.5, 0.6) is 0 Å². The largest absolute Gasteiger partial charge is 0.671 e. The first kappa shape index (κ1) is 68.2. The molecule has 81 heavy (non-hydrogen) atoms. The summed E-state index contributed by atoms with van der Waals surface area (Å²) in [5.74, 6) is -0.0926. The van der Waals surface area contributed by atoms with Gasteiger partial charge in [-0.05, 0) is 64.1 Å². The van der Waals surface area contributed by atoms with Crippen molar-refractivity contribution in [3.8, 4) is 0 Å². The molecule has 0 saturated carbocycles. The minimum Gasteiger partial charge on any atom is -0.671 e. The van der Waals surface area contributed by atoms with E-state index in [1.54, 1.807) is 0 Å². The zero-order valence-electron chi connectivity index (χ0n) is 48.8. The summed E-state index contributed by atoms with van der Waals surface area (Å²) < 4.78 is 0. The van der Waals surface area contributed by atoms with Gasteiger partial charge in [0.1, 0.15) is 0 Å². The van der Waals surface area contributed by atoms with Gasteiger partial charge in [0.05, 0.1) is 0 Å². The van der Waals surface area contributed by atoms with E-state index in [4.69, 9.17) is 26.3 Å². The number of hydrogen-bond donors (Lipinski definition) is 0. The summed E-state index contributed by atoms with van der Waals surface area (Å²) >= 11 is 0. The molecule has 5 nitrogen and oxygen atoms in total. The molecule has 9 aromatic carbocycles. The third kappa shape index (κ3) is 23.4. The fraction of sp³-hybridized carbons (Fsp3) is 0.208. The molecule has 9 rings (SSSR count). The molecule has 0 radical (unpaired) electrons. The molecule has 9 aromatic rings. The van der Waals surface area contributed by atoms with Gasteiger partial charge >= 0.3 is 0 Å². The Balaban J connectivity index is 0.000000257. The van der Waals surface area contributed by atoms with Gasteiger partial charge < -0.3 is 36.1 Å². The van der Waals surface area contributed by atoms with Gasteiger partial charge in [-0.2, -0.15) is 0 Å². The van der Waals surface area contributed by atoms with E-state index in [-0.39, 0.29) is 64.6 Å². The summed E-state index contributed by atoms with van der Waals surface area (Å²) in [6, 6.07) is 96.9. The zero-order valence-corrected chi connectivity index (χ0v) is 55.0. The van der Waals surface area contributed by atoms with Gasteiger partial charge in [-0.1, -0.05) is 328 Å². The van der Waals surface area contributed by atoms with E-state index in [1.807, 2.05) is 12.1 Å². The van der Waals surface area contributed by atoms with Crippen LogP contribution in [-0.2, 0) is 45.4 Å². The second-order valence-corrected chi connectivity index (χ2v) is 26.2. The van der Waals surface area contributed by atoms with E-state index in [1.165, 1.54) is 54.0 Å². The van der Waals surface area contributed by atoms with E-state index in [0.717, 1.165) is 12.8 Å². The van der Waals surface area contributed by atoms with Crippen molar-refractivity contribution in [1.82, 2.24) is 0 Å². The Morgan fingerprint density at radius 2 is 0.593 bits per heavy atom. The number of hydrogen-bond acceptors (Lipinski definition) is 1. The normalized spacial score (nSPS) is 11.8. The van der Waals surface area contributed by atoms with E-state index >= 15 is 0 Å². The number of aliphatic imine (C=N–C) groups is 1. The van der Waals surface area contributed by atoms with Gasteiger partial charge in [0, 0.05) is 45.3 Å². The molecular weight excluding hydrogens is 1210 g/mol. The fourth-order valence-corrected chi connectivity index (χ4v) is 16.1. The van der Waals surface area contributed by atoms with Gasteiger partial charge in [0.15, 0.2) is 0 Å². The van der Waals surface area contributed by atoms with Crippen molar-refractivity contribution >= 4 is 61.0 Å². The van der Waals surface area contributed by atoms with Crippen LogP contribution in [0.1, 0.15) is 64.7 Å². The average molecular weight is 1290 g/mol. The van der Waals surface area contributed by atoms with Gasteiger partial charge in [0.25, 0.3) is 0 Å². The van der Waals surface area contributed by atoms with Crippen molar-refractivity contribution in [2.75, 3.05) is 0 Å². The van der Waals surface area contributed by atoms with Gasteiger partial charge in [-0.15, -0.1) is 25.2 Å². The quantitative estimate of drug-likeness (QED) is 0.0265. The molecule has 0 bridgehead atoms. The SMILES string of the molecule is CC(C)N=C(CCc1ccccc1)P(c1ccccc1)c1ccccc1.CC(C)[N-]C([N-]Cc1ccccc1)P(c1ccccc1)c1ccccc1.CC(C)[N-]C([N-]Cc1ccccc1)P(c1ccccc1)c1ccccc1.[CH3-].[CH3-].[Hf]. The van der Waals surface area contributed by atoms with Crippen LogP contribution in [0.4, 0.5) is 0 Å². The predicted molar refractivity (Wildman–Crippen MR) is 359 cm³/mol. The van der Waals surface area contributed by atoms with Crippen LogP contribution in [0.3, 0.4) is 0 Å². The molecule has 0 aliphatic rings. The van der Waals surface area contributed by atoms with Crippen LogP contribution >= 0.6 is 23.8 Å². The number of aryl methyl sites for hydroxylation is 1. The van der Waals surface area contributed by atoms with E-state index in [0.29, 0.717) is 19.1 Å². The van der Waals surface area contributed by atoms with Crippen molar-refractivity contribution in [2.24, 2.45) is 4.99 Å². The van der Waals surface area contributed by atoms with Gasteiger partial charge in [-0.3, -0.25) is 4.99 Å². The Hall–Kier alpha value is -5.35. The molecule has 2 atom stereocenters. The Morgan fingerprint density at radius 3 is 0.852 bits per heavy atom. The Bertz CT molecular complexity index is 2750. The van der Waals surface area contributed by atoms with Crippen LogP contribution in [-0.4, -0.2) is 35.4 Å². The molecule has 9 heteroatoms. The molecule has 0 N–H and O–H groups in total. The molecular formula is C72H82HfN5P3-6. The molecule has 0 heterocycles. The minimum absolute atomic E-state index is 0. The molecule has 0 fully saturated rings. The van der Waals surface area contributed by atoms with E-state index in [9.17, 15) is 0 Å². The summed E-state index contributed by atoms with van der Waals surface area (Å²) in [5.41, 5.74) is 5.16. The first-order chi connectivity index (χ1) is 38.2. The van der Waals surface area contributed by atoms with Crippen LogP contribution in [0.15, 0.2) is 278 Å². The molecule has 0 aliphatic heterocycles. The smallest absolute Gasteiger partial charge is 0.0449 e. The molecule has 0 saturated heterocycles. The summed E-state index contributed by atoms with van der Waals surface area (Å²) in [6.45, 7) is 14.3. The van der Waals surface area contributed by atoms with Crippen molar-refractivity contribution in [2.45, 2.75) is 97.4 Å². The molecule has 0 aromatic heterocycles. The topological polar surface area (TPSA) is 68.8 Å². The number of nitrogens with zero attached hydrogens (tertiary/aromatic N) is 5. The summed E-state index contributed by atoms with van der Waals surface area (Å²) in [6.07, 6.45) is 2.03. The van der Waals surface area contributed by atoms with E-state index in [2.05, 4.69) is 302 Å². The predicted octanol–water partition coefficient (Wildman–Crippen LogP) is 18.0. The Kier molecular flexibility index (Phi) is 32.3. The fourth-order valence-electron chi connectivity index (χ4n) is 8.69. The first-order valence-corrected chi connectivity index (χ1v) is 31.5. The number of rotatable bonds is 23. The summed E-state index contributed by atoms with van der Waals surface area (Å²) in [5, 5.41) is 28.1. The van der Waals surface area contributed by atoms with Crippen molar-refractivity contribution in [3.63, 3.8) is 0 Å². The maximum atomic E-state index is 5.09. The summed E-state index contributed by atoms with van der Waals surface area (Å²) in [4.78, 5) is 5.09. The second kappa shape index (κ2) is 38.4. The van der Waals surface area contributed by atoms with Crippen molar-refractivity contribution in [3.05, 3.63) is 326 Å². The van der Waals surface area contributed by atoms with Crippen molar-refractivity contribution in [1.29, 1.82) is 0 Å². The monoisotopic (exact) mass is 1290 g/mol. The Morgan fingerprint density at radius 1 is 0.346 bits per heavy atom. The summed E-state index contributed by atoms with van der Waals surface area (Å²) in [7, 11) is -1.95. The van der Waals surface area contributed by atoms with Gasteiger partial charge in [0.2, 0.25) is 0 Å². The molecule has 2 unspecified atom stereocenters. The molecule has 0 amide bonds. The number of benzene rings is 9. The van der Waals surface area contributed by atoms with Crippen LogP contribution in [0.2, 0.25) is 0 Å². The molecule has 420 valence electrons. The van der Waals surface area contributed by atoms with E-state index < -0.39 is 23.8 Å². The van der Waals surface area contributed by atoms with Crippen LogP contribution < -0.4 is 31.8 Å². The average Bonchev–Trinajstić information content (AvgIpc) is 3.48. The third-order valence-corrected chi connectivity index (χ3v) is 19.6. The Labute approximate surface area is 511 Å². The van der Waals surface area contributed by atoms with Crippen LogP contribution in [0.25, 0.3) is 21.3 Å². The maximum absolute atomic E-state index is 5.09. The molecule has 0 aliphatic carbocycles. The van der Waals surface area contributed by atoms with Crippen LogP contribution in [0, 0.1) is 14.9 Å². The minimum atomic E-state index is -0.676. The molecule has 0 spiro atoms. The zero-order chi connectivity index (χ0) is 54.6. The standard InChI is InChI=1S/C24H26NP.2C23H25N2P.2CH3.Hf/c1-20(2)25-24(19-18-21-12-6-3-7-13-21)26(22-14-8-4-9-15-22)23-16-10-5-11-17-23;2*1-19(2)25-23(24-18-20-12-6-3-7-13-20)26(21-14-8-4-9-15-21)22-16-10-5-11-17-22;;;/h3-17,20H,18-19H2,1-2H3;2*3-17,19,23H,18H2,1-2H3;2*1H3;/q;2*-2;2*-1;. The van der Waals surface area contributed by atoms with Crippen molar-refractivity contribution < 1.29 is 25.8 Å². The maximum Gasteiger partial charge on any atom is 0.0449 e. The van der Waals surface area contributed by atoms with Gasteiger partial charge in [-0.25, -0.2) is 11.8 Å². The second-order valence-electron chi connectivity index (χ2n) is 19.5.